The average Bonchev–Trinajstić information content (AvgIpc) is 2.83. The molecule has 1 N–H and O–H groups in total. The molecule has 0 amide bonds. The maximum Gasteiger partial charge on any atom is 0.303 e. The Labute approximate surface area is 109 Å². The van der Waals surface area contributed by atoms with Gasteiger partial charge in [-0.25, -0.2) is 0 Å². The largest absolute Gasteiger partial charge is 0.481 e. The Hall–Kier alpha value is -0.610. The van der Waals surface area contributed by atoms with E-state index in [1.807, 2.05) is 0 Å². The van der Waals surface area contributed by atoms with E-state index in [1.165, 1.54) is 0 Å². The molecule has 4 heteroatoms. The van der Waals surface area contributed by atoms with Crippen molar-refractivity contribution in [2.45, 2.75) is 57.7 Å². The van der Waals surface area contributed by atoms with Crippen molar-refractivity contribution in [3.8, 4) is 0 Å². The van der Waals surface area contributed by atoms with Gasteiger partial charge in [0.15, 0.2) is 0 Å². The van der Waals surface area contributed by atoms with Gasteiger partial charge < -0.3 is 14.7 Å². The molecular weight excluding hydrogens is 230 g/mol. The number of ether oxygens (including phenoxy) is 1. The summed E-state index contributed by atoms with van der Waals surface area (Å²) in [5.41, 5.74) is 0.0487. The highest BCUT2D eigenvalue weighted by Crippen LogP contribution is 2.31. The van der Waals surface area contributed by atoms with Gasteiger partial charge in [0.25, 0.3) is 0 Å². The van der Waals surface area contributed by atoms with Crippen molar-refractivity contribution in [2.75, 3.05) is 19.6 Å². The smallest absolute Gasteiger partial charge is 0.303 e. The standard InChI is InChI=1S/C14H25NO3/c1-14(2)7-5-12(18-14)10-15-8-6-11(9-15)3-4-13(16)17/h11-12H,3-10H2,1-2H3,(H,16,17). The van der Waals surface area contributed by atoms with Crippen LogP contribution in [0.15, 0.2) is 0 Å². The fourth-order valence-electron chi connectivity index (χ4n) is 3.14. The summed E-state index contributed by atoms with van der Waals surface area (Å²) in [7, 11) is 0. The van der Waals surface area contributed by atoms with Crippen LogP contribution in [-0.4, -0.2) is 47.3 Å². The fourth-order valence-corrected chi connectivity index (χ4v) is 3.14. The molecule has 0 aromatic carbocycles. The van der Waals surface area contributed by atoms with E-state index in [0.717, 1.165) is 45.3 Å². The Bertz CT molecular complexity index is 303. The third-order valence-electron chi connectivity index (χ3n) is 4.15. The third kappa shape index (κ3) is 3.95. The summed E-state index contributed by atoms with van der Waals surface area (Å²) in [6, 6.07) is 0. The number of aliphatic carboxylic acids is 1. The van der Waals surface area contributed by atoms with Crippen LogP contribution < -0.4 is 0 Å². The van der Waals surface area contributed by atoms with Crippen LogP contribution in [0.25, 0.3) is 0 Å². The van der Waals surface area contributed by atoms with Crippen LogP contribution in [0.4, 0.5) is 0 Å². The first-order valence-corrected chi connectivity index (χ1v) is 7.06. The highest BCUT2D eigenvalue weighted by molar-refractivity contribution is 5.66. The molecular formula is C14H25NO3. The van der Waals surface area contributed by atoms with Gasteiger partial charge in [0.2, 0.25) is 0 Å². The molecule has 2 heterocycles. The first-order chi connectivity index (χ1) is 8.44. The highest BCUT2D eigenvalue weighted by Gasteiger charge is 2.34. The zero-order valence-corrected chi connectivity index (χ0v) is 11.5. The Kier molecular flexibility index (Phi) is 4.28. The molecule has 0 aromatic rings. The molecule has 2 saturated heterocycles. The van der Waals surface area contributed by atoms with E-state index in [0.29, 0.717) is 18.4 Å². The van der Waals surface area contributed by atoms with Crippen LogP contribution >= 0.6 is 0 Å². The second-order valence-corrected chi connectivity index (χ2v) is 6.38. The highest BCUT2D eigenvalue weighted by atomic mass is 16.5. The van der Waals surface area contributed by atoms with Gasteiger partial charge in [0.1, 0.15) is 0 Å². The monoisotopic (exact) mass is 255 g/mol. The van der Waals surface area contributed by atoms with E-state index < -0.39 is 5.97 Å². The minimum Gasteiger partial charge on any atom is -0.481 e. The lowest BCUT2D eigenvalue weighted by molar-refractivity contribution is -0.137. The second kappa shape index (κ2) is 5.57. The lowest BCUT2D eigenvalue weighted by atomic mass is 10.0. The van der Waals surface area contributed by atoms with Gasteiger partial charge in [-0.1, -0.05) is 0 Å². The summed E-state index contributed by atoms with van der Waals surface area (Å²) in [5.74, 6) is -0.107. The molecule has 2 aliphatic rings. The number of carboxylic acid groups (broad SMARTS) is 1. The molecule has 4 nitrogen and oxygen atoms in total. The van der Waals surface area contributed by atoms with E-state index in [1.54, 1.807) is 0 Å². The normalized spacial score (nSPS) is 31.9. The minimum absolute atomic E-state index is 0.0487. The number of rotatable bonds is 5. The number of carboxylic acids is 1. The van der Waals surface area contributed by atoms with Gasteiger partial charge in [0.05, 0.1) is 11.7 Å². The molecule has 2 atom stereocenters. The van der Waals surface area contributed by atoms with Crippen molar-refractivity contribution in [1.82, 2.24) is 4.90 Å². The summed E-state index contributed by atoms with van der Waals surface area (Å²) in [4.78, 5) is 13.0. The van der Waals surface area contributed by atoms with Crippen LogP contribution in [0.3, 0.4) is 0 Å². The van der Waals surface area contributed by atoms with Crippen molar-refractivity contribution in [1.29, 1.82) is 0 Å². The number of likely N-dealkylation sites (tertiary alicyclic amines) is 1. The van der Waals surface area contributed by atoms with E-state index in [9.17, 15) is 4.79 Å². The van der Waals surface area contributed by atoms with Crippen molar-refractivity contribution in [3.63, 3.8) is 0 Å². The average molecular weight is 255 g/mol. The predicted molar refractivity (Wildman–Crippen MR) is 69.6 cm³/mol. The summed E-state index contributed by atoms with van der Waals surface area (Å²) >= 11 is 0. The Balaban J connectivity index is 1.68. The van der Waals surface area contributed by atoms with Gasteiger partial charge in [-0.2, -0.15) is 0 Å². The maximum absolute atomic E-state index is 10.6. The van der Waals surface area contributed by atoms with Crippen molar-refractivity contribution in [3.05, 3.63) is 0 Å². The number of carbonyl (C=O) groups is 1. The first kappa shape index (κ1) is 13.8. The van der Waals surface area contributed by atoms with Crippen molar-refractivity contribution < 1.29 is 14.6 Å². The number of hydrogen-bond donors (Lipinski definition) is 1. The quantitative estimate of drug-likeness (QED) is 0.817. The molecule has 2 unspecified atom stereocenters. The summed E-state index contributed by atoms with van der Waals surface area (Å²) < 4.78 is 6.01. The minimum atomic E-state index is -0.672. The number of nitrogens with zero attached hydrogens (tertiary/aromatic N) is 1. The van der Waals surface area contributed by atoms with E-state index >= 15 is 0 Å². The molecule has 2 aliphatic heterocycles. The zero-order chi connectivity index (χ0) is 13.2. The molecule has 0 bridgehead atoms. The molecule has 0 spiro atoms. The summed E-state index contributed by atoms with van der Waals surface area (Å²) in [5, 5.41) is 8.69. The van der Waals surface area contributed by atoms with Gasteiger partial charge in [0, 0.05) is 19.5 Å². The van der Waals surface area contributed by atoms with Gasteiger partial charge in [-0.15, -0.1) is 0 Å². The molecule has 0 radical (unpaired) electrons. The third-order valence-corrected chi connectivity index (χ3v) is 4.15. The van der Waals surface area contributed by atoms with Gasteiger partial charge in [-0.05, 0) is 52.0 Å². The molecule has 18 heavy (non-hydrogen) atoms. The lowest BCUT2D eigenvalue weighted by Crippen LogP contribution is -2.32. The topological polar surface area (TPSA) is 49.8 Å². The molecule has 2 fully saturated rings. The lowest BCUT2D eigenvalue weighted by Gasteiger charge is -2.23. The van der Waals surface area contributed by atoms with Crippen LogP contribution in [0.5, 0.6) is 0 Å². The first-order valence-electron chi connectivity index (χ1n) is 7.06. The van der Waals surface area contributed by atoms with Crippen LogP contribution in [0.1, 0.15) is 46.0 Å². The molecule has 2 rings (SSSR count). The zero-order valence-electron chi connectivity index (χ0n) is 11.5. The van der Waals surface area contributed by atoms with E-state index in [-0.39, 0.29) is 5.60 Å². The van der Waals surface area contributed by atoms with Crippen LogP contribution in [0, 0.1) is 5.92 Å². The second-order valence-electron chi connectivity index (χ2n) is 6.38. The molecule has 104 valence electrons. The Morgan fingerprint density at radius 1 is 1.44 bits per heavy atom. The maximum atomic E-state index is 10.6. The number of hydrogen-bond acceptors (Lipinski definition) is 3. The Morgan fingerprint density at radius 2 is 2.22 bits per heavy atom. The van der Waals surface area contributed by atoms with E-state index in [4.69, 9.17) is 9.84 Å². The molecule has 0 aliphatic carbocycles. The van der Waals surface area contributed by atoms with E-state index in [2.05, 4.69) is 18.7 Å². The van der Waals surface area contributed by atoms with Crippen molar-refractivity contribution >= 4 is 5.97 Å². The molecule has 0 aromatic heterocycles. The SMILES string of the molecule is CC1(C)CCC(CN2CCC(CCC(=O)O)C2)O1. The summed E-state index contributed by atoms with van der Waals surface area (Å²) in [6.07, 6.45) is 4.95. The molecule has 0 saturated carbocycles. The van der Waals surface area contributed by atoms with Crippen LogP contribution in [-0.2, 0) is 9.53 Å². The van der Waals surface area contributed by atoms with Crippen LogP contribution in [0.2, 0.25) is 0 Å². The predicted octanol–water partition coefficient (Wildman–Crippen LogP) is 2.13. The fraction of sp³-hybridized carbons (Fsp3) is 0.929. The van der Waals surface area contributed by atoms with Crippen molar-refractivity contribution in [2.24, 2.45) is 5.92 Å². The Morgan fingerprint density at radius 3 is 2.83 bits per heavy atom. The van der Waals surface area contributed by atoms with Gasteiger partial charge in [-0.3, -0.25) is 4.79 Å². The van der Waals surface area contributed by atoms with Gasteiger partial charge >= 0.3 is 5.97 Å². The summed E-state index contributed by atoms with van der Waals surface area (Å²) in [6.45, 7) is 7.49.